The van der Waals surface area contributed by atoms with Crippen LogP contribution >= 0.6 is 15.9 Å². The van der Waals surface area contributed by atoms with E-state index in [4.69, 9.17) is 5.26 Å². The third-order valence-electron chi connectivity index (χ3n) is 3.27. The quantitative estimate of drug-likeness (QED) is 0.682. The van der Waals surface area contributed by atoms with Crippen molar-refractivity contribution in [1.82, 2.24) is 4.57 Å². The predicted molar refractivity (Wildman–Crippen MR) is 79.9 cm³/mol. The second kappa shape index (κ2) is 5.10. The number of aromatic nitrogens is 1. The first-order valence-corrected chi connectivity index (χ1v) is 6.90. The topological polar surface area (TPSA) is 28.7 Å². The Hall–Kier alpha value is -2.12. The van der Waals surface area contributed by atoms with Gasteiger partial charge in [0.05, 0.1) is 16.1 Å². The zero-order valence-electron chi connectivity index (χ0n) is 10.5. The summed E-state index contributed by atoms with van der Waals surface area (Å²) in [6.07, 6.45) is 1.95. The maximum absolute atomic E-state index is 13.5. The molecule has 0 radical (unpaired) electrons. The first kappa shape index (κ1) is 12.9. The Balaban J connectivity index is 2.03. The van der Waals surface area contributed by atoms with E-state index in [0.29, 0.717) is 16.6 Å². The number of benzene rings is 2. The minimum Gasteiger partial charge on any atom is -0.343 e. The molecule has 1 aromatic heterocycles. The fourth-order valence-corrected chi connectivity index (χ4v) is 2.65. The summed E-state index contributed by atoms with van der Waals surface area (Å²) in [5, 5.41) is 9.91. The van der Waals surface area contributed by atoms with Crippen LogP contribution in [0.1, 0.15) is 11.1 Å². The van der Waals surface area contributed by atoms with Crippen LogP contribution in [0.25, 0.3) is 10.9 Å². The van der Waals surface area contributed by atoms with Crippen molar-refractivity contribution in [1.29, 1.82) is 5.26 Å². The molecule has 0 fully saturated rings. The molecule has 0 spiro atoms. The number of halogens is 2. The van der Waals surface area contributed by atoms with Gasteiger partial charge in [0.25, 0.3) is 0 Å². The maximum atomic E-state index is 13.5. The summed E-state index contributed by atoms with van der Waals surface area (Å²) >= 11 is 3.28. The van der Waals surface area contributed by atoms with Gasteiger partial charge in [-0.05, 0) is 51.8 Å². The second-order valence-corrected chi connectivity index (χ2v) is 5.33. The van der Waals surface area contributed by atoms with E-state index < -0.39 is 0 Å². The zero-order chi connectivity index (χ0) is 14.1. The van der Waals surface area contributed by atoms with Crippen LogP contribution < -0.4 is 0 Å². The number of hydrogen-bond donors (Lipinski definition) is 0. The summed E-state index contributed by atoms with van der Waals surface area (Å²) in [6.45, 7) is 0.577. The molecule has 98 valence electrons. The summed E-state index contributed by atoms with van der Waals surface area (Å²) in [5.74, 6) is -0.259. The van der Waals surface area contributed by atoms with Gasteiger partial charge < -0.3 is 4.57 Å². The first-order chi connectivity index (χ1) is 9.69. The van der Waals surface area contributed by atoms with Gasteiger partial charge in [-0.1, -0.05) is 12.1 Å². The first-order valence-electron chi connectivity index (χ1n) is 6.11. The number of fused-ring (bicyclic) bond motifs is 1. The number of hydrogen-bond acceptors (Lipinski definition) is 1. The SMILES string of the molecule is N#Cc1ccc2c(ccn2Cc2cccc(F)c2Br)c1. The predicted octanol–water partition coefficient (Wildman–Crippen LogP) is 4.46. The number of nitriles is 1. The molecule has 0 atom stereocenters. The van der Waals surface area contributed by atoms with Crippen LogP contribution in [0, 0.1) is 17.1 Å². The highest BCUT2D eigenvalue weighted by atomic mass is 79.9. The molecule has 2 nitrogen and oxygen atoms in total. The molecular formula is C16H10BrFN2. The van der Waals surface area contributed by atoms with Crippen LogP contribution in [-0.4, -0.2) is 4.57 Å². The van der Waals surface area contributed by atoms with Crippen LogP contribution in [0.2, 0.25) is 0 Å². The smallest absolute Gasteiger partial charge is 0.137 e. The Morgan fingerprint density at radius 2 is 2.05 bits per heavy atom. The largest absolute Gasteiger partial charge is 0.343 e. The van der Waals surface area contributed by atoms with Crippen molar-refractivity contribution in [3.63, 3.8) is 0 Å². The van der Waals surface area contributed by atoms with Crippen LogP contribution in [-0.2, 0) is 6.54 Å². The Bertz CT molecular complexity index is 830. The van der Waals surface area contributed by atoms with Gasteiger partial charge in [-0.25, -0.2) is 4.39 Å². The molecule has 4 heteroatoms. The van der Waals surface area contributed by atoms with Gasteiger partial charge in [0.2, 0.25) is 0 Å². The molecule has 20 heavy (non-hydrogen) atoms. The lowest BCUT2D eigenvalue weighted by molar-refractivity contribution is 0.616. The van der Waals surface area contributed by atoms with Crippen LogP contribution in [0.5, 0.6) is 0 Å². The van der Waals surface area contributed by atoms with Gasteiger partial charge in [-0.15, -0.1) is 0 Å². The van der Waals surface area contributed by atoms with Crippen LogP contribution in [0.4, 0.5) is 4.39 Å². The van der Waals surface area contributed by atoms with Gasteiger partial charge in [0.15, 0.2) is 0 Å². The summed E-state index contributed by atoms with van der Waals surface area (Å²) in [5.41, 5.74) is 2.55. The molecule has 3 rings (SSSR count). The van der Waals surface area contributed by atoms with E-state index in [1.54, 1.807) is 12.1 Å². The monoisotopic (exact) mass is 328 g/mol. The highest BCUT2D eigenvalue weighted by molar-refractivity contribution is 9.10. The Morgan fingerprint density at radius 3 is 2.85 bits per heavy atom. The van der Waals surface area contributed by atoms with E-state index in [1.807, 2.05) is 35.0 Å². The fraction of sp³-hybridized carbons (Fsp3) is 0.0625. The zero-order valence-corrected chi connectivity index (χ0v) is 12.1. The standard InChI is InChI=1S/C16H10BrFN2/c17-16-13(2-1-3-14(16)18)10-20-7-6-12-8-11(9-19)4-5-15(12)20/h1-8H,10H2. The average Bonchev–Trinajstić information content (AvgIpc) is 2.86. The van der Waals surface area contributed by atoms with E-state index >= 15 is 0 Å². The maximum Gasteiger partial charge on any atom is 0.137 e. The van der Waals surface area contributed by atoms with Crippen LogP contribution in [0.15, 0.2) is 53.1 Å². The Labute approximate surface area is 124 Å². The lowest BCUT2D eigenvalue weighted by Crippen LogP contribution is -1.99. The number of rotatable bonds is 2. The summed E-state index contributed by atoms with van der Waals surface area (Å²) in [6, 6.07) is 14.7. The van der Waals surface area contributed by atoms with Gasteiger partial charge >= 0.3 is 0 Å². The molecule has 1 heterocycles. The lowest BCUT2D eigenvalue weighted by Gasteiger charge is -2.08. The normalized spacial score (nSPS) is 10.7. The Kier molecular flexibility index (Phi) is 3.29. The minimum absolute atomic E-state index is 0.259. The van der Waals surface area contributed by atoms with E-state index in [9.17, 15) is 4.39 Å². The third-order valence-corrected chi connectivity index (χ3v) is 4.16. The average molecular weight is 329 g/mol. The van der Waals surface area contributed by atoms with E-state index in [0.717, 1.165) is 16.5 Å². The number of nitrogens with zero attached hydrogens (tertiary/aromatic N) is 2. The summed E-state index contributed by atoms with van der Waals surface area (Å²) in [7, 11) is 0. The summed E-state index contributed by atoms with van der Waals surface area (Å²) < 4.78 is 16.1. The molecule has 0 amide bonds. The molecule has 0 aliphatic heterocycles. The van der Waals surface area contributed by atoms with E-state index in [-0.39, 0.29) is 5.82 Å². The van der Waals surface area contributed by atoms with E-state index in [2.05, 4.69) is 22.0 Å². The highest BCUT2D eigenvalue weighted by Gasteiger charge is 2.08. The van der Waals surface area contributed by atoms with E-state index in [1.165, 1.54) is 6.07 Å². The van der Waals surface area contributed by atoms with Crippen molar-refractivity contribution < 1.29 is 4.39 Å². The van der Waals surface area contributed by atoms with Gasteiger partial charge in [-0.3, -0.25) is 0 Å². The molecule has 0 aliphatic carbocycles. The molecule has 0 bridgehead atoms. The van der Waals surface area contributed by atoms with Crippen molar-refractivity contribution in [3.05, 3.63) is 70.1 Å². The van der Waals surface area contributed by atoms with Crippen molar-refractivity contribution >= 4 is 26.8 Å². The van der Waals surface area contributed by atoms with Crippen molar-refractivity contribution in [3.8, 4) is 6.07 Å². The molecule has 0 saturated carbocycles. The van der Waals surface area contributed by atoms with Gasteiger partial charge in [0, 0.05) is 23.6 Å². The second-order valence-electron chi connectivity index (χ2n) is 4.54. The van der Waals surface area contributed by atoms with Crippen molar-refractivity contribution in [2.24, 2.45) is 0 Å². The van der Waals surface area contributed by atoms with Gasteiger partial charge in [0.1, 0.15) is 5.82 Å². The highest BCUT2D eigenvalue weighted by Crippen LogP contribution is 2.24. The molecule has 0 aliphatic rings. The minimum atomic E-state index is -0.259. The molecule has 0 N–H and O–H groups in total. The van der Waals surface area contributed by atoms with Crippen molar-refractivity contribution in [2.75, 3.05) is 0 Å². The molecule has 0 unspecified atom stereocenters. The molecular weight excluding hydrogens is 319 g/mol. The molecule has 0 saturated heterocycles. The van der Waals surface area contributed by atoms with Crippen LogP contribution in [0.3, 0.4) is 0 Å². The Morgan fingerprint density at radius 1 is 1.20 bits per heavy atom. The summed E-state index contributed by atoms with van der Waals surface area (Å²) in [4.78, 5) is 0. The molecule has 2 aromatic carbocycles. The van der Waals surface area contributed by atoms with Crippen molar-refractivity contribution in [2.45, 2.75) is 6.54 Å². The fourth-order valence-electron chi connectivity index (χ4n) is 2.26. The third kappa shape index (κ3) is 2.21. The lowest BCUT2D eigenvalue weighted by atomic mass is 10.2. The van der Waals surface area contributed by atoms with Gasteiger partial charge in [-0.2, -0.15) is 5.26 Å². The molecule has 3 aromatic rings.